The molecular formula is C9H15NO. The van der Waals surface area contributed by atoms with Gasteiger partial charge in [0, 0.05) is 18.9 Å². The van der Waals surface area contributed by atoms with Crippen molar-refractivity contribution in [1.82, 2.24) is 5.32 Å². The molecule has 11 heavy (non-hydrogen) atoms. The Balaban J connectivity index is 1.98. The first kappa shape index (κ1) is 7.29. The average Bonchev–Trinajstić information content (AvgIpc) is 2.04. The van der Waals surface area contributed by atoms with Crippen LogP contribution in [0.2, 0.25) is 0 Å². The predicted octanol–water partition coefficient (Wildman–Crippen LogP) is 1.11. The van der Waals surface area contributed by atoms with E-state index in [4.69, 9.17) is 0 Å². The predicted molar refractivity (Wildman–Crippen MR) is 43.4 cm³/mol. The van der Waals surface area contributed by atoms with E-state index in [0.29, 0.717) is 11.8 Å². The Morgan fingerprint density at radius 2 is 2.27 bits per heavy atom. The van der Waals surface area contributed by atoms with Crippen molar-refractivity contribution in [2.24, 2.45) is 5.92 Å². The highest BCUT2D eigenvalue weighted by atomic mass is 16.1. The molecule has 1 aliphatic carbocycles. The highest BCUT2D eigenvalue weighted by Crippen LogP contribution is 2.28. The summed E-state index contributed by atoms with van der Waals surface area (Å²) in [4.78, 5) is 11.1. The molecule has 1 aliphatic heterocycles. The van der Waals surface area contributed by atoms with Gasteiger partial charge in [-0.2, -0.15) is 0 Å². The number of nitrogens with one attached hydrogen (secondary N) is 1. The maximum absolute atomic E-state index is 11.1. The summed E-state index contributed by atoms with van der Waals surface area (Å²) in [6, 6.07) is 0.532. The van der Waals surface area contributed by atoms with Gasteiger partial charge in [-0.05, 0) is 31.7 Å². The lowest BCUT2D eigenvalue weighted by Gasteiger charge is -2.35. The van der Waals surface area contributed by atoms with E-state index in [2.05, 4.69) is 5.32 Å². The molecule has 2 rings (SSSR count). The Bertz CT molecular complexity index is 167. The standard InChI is InChI=1S/C9H15NO/c11-8-4-3-7-2-1-5-10-9(7)6-8/h7,9-10H,1-6H2/t7-,9+/m1/s1. The van der Waals surface area contributed by atoms with Crippen LogP contribution in [0.3, 0.4) is 0 Å². The number of carbonyl (C=O) groups excluding carboxylic acids is 1. The van der Waals surface area contributed by atoms with Crippen molar-refractivity contribution in [3.63, 3.8) is 0 Å². The summed E-state index contributed by atoms with van der Waals surface area (Å²) in [5.41, 5.74) is 0. The van der Waals surface area contributed by atoms with E-state index in [-0.39, 0.29) is 0 Å². The third-order valence-corrected chi connectivity index (χ3v) is 2.97. The van der Waals surface area contributed by atoms with Gasteiger partial charge >= 0.3 is 0 Å². The van der Waals surface area contributed by atoms with Crippen molar-refractivity contribution < 1.29 is 4.79 Å². The number of hydrogen-bond donors (Lipinski definition) is 1. The largest absolute Gasteiger partial charge is 0.313 e. The normalized spacial score (nSPS) is 38.4. The van der Waals surface area contributed by atoms with E-state index in [1.165, 1.54) is 12.8 Å². The lowest BCUT2D eigenvalue weighted by molar-refractivity contribution is -0.122. The highest BCUT2D eigenvalue weighted by molar-refractivity contribution is 5.79. The molecule has 62 valence electrons. The first-order valence-corrected chi connectivity index (χ1v) is 4.61. The molecule has 1 saturated heterocycles. The van der Waals surface area contributed by atoms with Crippen molar-refractivity contribution in [3.05, 3.63) is 0 Å². The van der Waals surface area contributed by atoms with Gasteiger partial charge in [0.05, 0.1) is 0 Å². The number of piperidine rings is 1. The second-order valence-corrected chi connectivity index (χ2v) is 3.74. The van der Waals surface area contributed by atoms with Gasteiger partial charge in [-0.3, -0.25) is 4.79 Å². The summed E-state index contributed by atoms with van der Waals surface area (Å²) in [5.74, 6) is 1.27. The molecular weight excluding hydrogens is 138 g/mol. The molecule has 0 bridgehead atoms. The Morgan fingerprint density at radius 1 is 1.36 bits per heavy atom. The van der Waals surface area contributed by atoms with Gasteiger partial charge < -0.3 is 5.32 Å². The maximum Gasteiger partial charge on any atom is 0.134 e. The van der Waals surface area contributed by atoms with Gasteiger partial charge in [0.15, 0.2) is 0 Å². The highest BCUT2D eigenvalue weighted by Gasteiger charge is 2.30. The first-order chi connectivity index (χ1) is 5.36. The summed E-state index contributed by atoms with van der Waals surface area (Å²) < 4.78 is 0. The number of carbonyl (C=O) groups is 1. The van der Waals surface area contributed by atoms with E-state index < -0.39 is 0 Å². The summed E-state index contributed by atoms with van der Waals surface area (Å²) in [5, 5.41) is 3.43. The van der Waals surface area contributed by atoms with Gasteiger partial charge in [-0.1, -0.05) is 0 Å². The van der Waals surface area contributed by atoms with Gasteiger partial charge in [0.2, 0.25) is 0 Å². The minimum absolute atomic E-state index is 0.459. The molecule has 0 spiro atoms. The number of ketones is 1. The lowest BCUT2D eigenvalue weighted by Crippen LogP contribution is -2.45. The maximum atomic E-state index is 11.1. The van der Waals surface area contributed by atoms with E-state index in [9.17, 15) is 4.79 Å². The van der Waals surface area contributed by atoms with Crippen LogP contribution < -0.4 is 5.32 Å². The fourth-order valence-electron chi connectivity index (χ4n) is 2.30. The molecule has 0 amide bonds. The molecule has 2 heteroatoms. The first-order valence-electron chi connectivity index (χ1n) is 4.61. The van der Waals surface area contributed by atoms with Crippen LogP contribution in [0.25, 0.3) is 0 Å². The smallest absolute Gasteiger partial charge is 0.134 e. The second kappa shape index (κ2) is 2.94. The van der Waals surface area contributed by atoms with E-state index in [0.717, 1.165) is 31.7 Å². The molecule has 0 aromatic carbocycles. The minimum Gasteiger partial charge on any atom is -0.313 e. The van der Waals surface area contributed by atoms with Crippen molar-refractivity contribution in [3.8, 4) is 0 Å². The van der Waals surface area contributed by atoms with Crippen LogP contribution in [-0.2, 0) is 4.79 Å². The van der Waals surface area contributed by atoms with Gasteiger partial charge in [-0.25, -0.2) is 0 Å². The van der Waals surface area contributed by atoms with Crippen LogP contribution >= 0.6 is 0 Å². The van der Waals surface area contributed by atoms with E-state index >= 15 is 0 Å². The molecule has 2 nitrogen and oxygen atoms in total. The van der Waals surface area contributed by atoms with Crippen LogP contribution in [0.15, 0.2) is 0 Å². The zero-order valence-corrected chi connectivity index (χ0v) is 6.81. The van der Waals surface area contributed by atoms with Gasteiger partial charge in [0.1, 0.15) is 5.78 Å². The Morgan fingerprint density at radius 3 is 3.18 bits per heavy atom. The van der Waals surface area contributed by atoms with Gasteiger partial charge in [0.25, 0.3) is 0 Å². The molecule has 0 radical (unpaired) electrons. The monoisotopic (exact) mass is 153 g/mol. The lowest BCUT2D eigenvalue weighted by atomic mass is 9.79. The Hall–Kier alpha value is -0.370. The molecule has 0 aromatic rings. The SMILES string of the molecule is O=C1CC[C@H]2CCCN[C@H]2C1. The van der Waals surface area contributed by atoms with Crippen molar-refractivity contribution in [1.29, 1.82) is 0 Å². The molecule has 2 atom stereocenters. The summed E-state index contributed by atoms with van der Waals surface area (Å²) in [6.07, 6.45) is 5.41. The fraction of sp³-hybridized carbons (Fsp3) is 0.889. The molecule has 0 unspecified atom stereocenters. The van der Waals surface area contributed by atoms with Crippen molar-refractivity contribution in [2.75, 3.05) is 6.54 Å². The number of Topliss-reactive ketones (excluding diaryl/α,β-unsaturated/α-hetero) is 1. The molecule has 1 N–H and O–H groups in total. The molecule has 1 saturated carbocycles. The van der Waals surface area contributed by atoms with Crippen molar-refractivity contribution in [2.45, 2.75) is 38.1 Å². The molecule has 1 heterocycles. The fourth-order valence-corrected chi connectivity index (χ4v) is 2.30. The van der Waals surface area contributed by atoms with Gasteiger partial charge in [-0.15, -0.1) is 0 Å². The zero-order valence-electron chi connectivity index (χ0n) is 6.81. The third kappa shape index (κ3) is 1.45. The molecule has 0 aromatic heterocycles. The summed E-state index contributed by atoms with van der Waals surface area (Å²) >= 11 is 0. The van der Waals surface area contributed by atoms with Crippen LogP contribution in [0.4, 0.5) is 0 Å². The van der Waals surface area contributed by atoms with Crippen LogP contribution in [0.5, 0.6) is 0 Å². The van der Waals surface area contributed by atoms with Crippen molar-refractivity contribution >= 4 is 5.78 Å². The number of rotatable bonds is 0. The number of hydrogen-bond acceptors (Lipinski definition) is 2. The summed E-state index contributed by atoms with van der Waals surface area (Å²) in [6.45, 7) is 1.12. The minimum atomic E-state index is 0.459. The zero-order chi connectivity index (χ0) is 7.68. The average molecular weight is 153 g/mol. The quantitative estimate of drug-likeness (QED) is 0.564. The third-order valence-electron chi connectivity index (χ3n) is 2.97. The van der Waals surface area contributed by atoms with Crippen LogP contribution in [0, 0.1) is 5.92 Å². The van der Waals surface area contributed by atoms with E-state index in [1.807, 2.05) is 0 Å². The van der Waals surface area contributed by atoms with Crippen LogP contribution in [-0.4, -0.2) is 18.4 Å². The van der Waals surface area contributed by atoms with E-state index in [1.54, 1.807) is 0 Å². The molecule has 2 aliphatic rings. The number of fused-ring (bicyclic) bond motifs is 1. The Kier molecular flexibility index (Phi) is 1.95. The molecule has 2 fully saturated rings. The van der Waals surface area contributed by atoms with Crippen LogP contribution in [0.1, 0.15) is 32.1 Å². The topological polar surface area (TPSA) is 29.1 Å². The Labute approximate surface area is 67.4 Å². The summed E-state index contributed by atoms with van der Waals surface area (Å²) in [7, 11) is 0. The second-order valence-electron chi connectivity index (χ2n) is 3.74.